The number of hydrogen-bond acceptors (Lipinski definition) is 10. The molecule has 1 spiro atoms. The zero-order chi connectivity index (χ0) is 42.4. The summed E-state index contributed by atoms with van der Waals surface area (Å²) in [4.78, 5) is 51.8. The van der Waals surface area contributed by atoms with Gasteiger partial charge in [-0.25, -0.2) is 0 Å². The maximum atomic E-state index is 15.4. The predicted octanol–water partition coefficient (Wildman–Crippen LogP) is 5.15. The lowest BCUT2D eigenvalue weighted by Gasteiger charge is -2.65. The van der Waals surface area contributed by atoms with Crippen LogP contribution in [0.2, 0.25) is 0 Å². The minimum Gasteiger partial charge on any atom is -0.496 e. The molecular weight excluding hydrogens is 759 g/mol. The topological polar surface area (TPSA) is 137 Å². The summed E-state index contributed by atoms with van der Waals surface area (Å²) in [6, 6.07) is 11.9. The number of hydrogen-bond donors (Lipinski definition) is 3. The van der Waals surface area contributed by atoms with Crippen molar-refractivity contribution in [3.63, 3.8) is 0 Å². The molecule has 60 heavy (non-hydrogen) atoms. The van der Waals surface area contributed by atoms with Crippen molar-refractivity contribution in [2.45, 2.75) is 101 Å². The number of anilines is 1. The smallest absolute Gasteiger partial charge is 0.322 e. The molecule has 1 unspecified atom stereocenters. The van der Waals surface area contributed by atoms with Crippen LogP contribution in [0.3, 0.4) is 0 Å². The first-order valence-corrected chi connectivity index (χ1v) is 21.9. The van der Waals surface area contributed by atoms with E-state index in [1.807, 2.05) is 13.1 Å². The molecule has 6 aliphatic rings. The zero-order valence-corrected chi connectivity index (χ0v) is 36.2. The minimum absolute atomic E-state index is 0.0490. The average Bonchev–Trinajstić information content (AvgIpc) is 3.90. The van der Waals surface area contributed by atoms with Gasteiger partial charge >= 0.3 is 11.9 Å². The molecule has 2 fully saturated rings. The molecule has 320 valence electrons. The molecule has 9 atom stereocenters. The largest absolute Gasteiger partial charge is 0.496 e. The van der Waals surface area contributed by atoms with Crippen LogP contribution in [0.15, 0.2) is 60.2 Å². The minimum atomic E-state index is -1.60. The summed E-state index contributed by atoms with van der Waals surface area (Å²) in [6.45, 7) is 11.5. The number of fused-ring (bicyclic) bond motifs is 6. The van der Waals surface area contributed by atoms with E-state index in [2.05, 4.69) is 87.4 Å². The first kappa shape index (κ1) is 40.7. The highest BCUT2D eigenvalue weighted by atomic mass is 16.6. The van der Waals surface area contributed by atoms with Crippen molar-refractivity contribution in [1.29, 1.82) is 0 Å². The van der Waals surface area contributed by atoms with E-state index in [9.17, 15) is 14.7 Å². The van der Waals surface area contributed by atoms with E-state index in [1.54, 1.807) is 7.11 Å². The van der Waals surface area contributed by atoms with Gasteiger partial charge in [0.15, 0.2) is 0 Å². The Labute approximate surface area is 353 Å². The van der Waals surface area contributed by atoms with E-state index in [0.717, 1.165) is 91.0 Å². The van der Waals surface area contributed by atoms with Gasteiger partial charge in [0.2, 0.25) is 5.91 Å². The fourth-order valence-corrected chi connectivity index (χ4v) is 13.5. The summed E-state index contributed by atoms with van der Waals surface area (Å²) in [5.74, 6) is -0.385. The van der Waals surface area contributed by atoms with Crippen LogP contribution >= 0.6 is 0 Å². The third-order valence-electron chi connectivity index (χ3n) is 15.6. The molecule has 3 N–H and O–H groups in total. The normalized spacial score (nSPS) is 34.0. The molecule has 1 saturated carbocycles. The van der Waals surface area contributed by atoms with Crippen molar-refractivity contribution in [2.24, 2.45) is 11.3 Å². The Morgan fingerprint density at radius 2 is 1.85 bits per heavy atom. The molecule has 1 aromatic heterocycles. The van der Waals surface area contributed by atoms with Crippen molar-refractivity contribution in [3.8, 4) is 5.75 Å². The summed E-state index contributed by atoms with van der Waals surface area (Å²) in [5.41, 5.74) is 2.65. The fraction of sp³-hybridized carbons (Fsp3) is 0.562. The lowest BCUT2D eigenvalue weighted by molar-refractivity contribution is -0.220. The lowest BCUT2D eigenvalue weighted by Crippen LogP contribution is -2.79. The average molecular weight is 820 g/mol. The van der Waals surface area contributed by atoms with Gasteiger partial charge in [-0.3, -0.25) is 24.2 Å². The number of aromatic nitrogens is 1. The Kier molecular flexibility index (Phi) is 10.0. The standard InChI is InChI=1S/C48H61N5O7/c1-8-31-23-32-26-47(44(56)59-7,40-34(15-21-52(27-31)28-32)33-13-10-11-14-37(33)50-40)36-24-35-38(25-39(36)58-6)51(5)42-46(35)18-22-53-20-12-16-45(9-2,41(46)53)43(60-30(4)55)48(42,57)17-19-49-29(3)54/h10-14,16,23-25,32,41-43,50,57H,8-9,15,17-22,26-28H2,1-7H3,(H,49,54)/t32-,41+,42-,43-,45-,46-,47+,48+/m1/s1. The van der Waals surface area contributed by atoms with Gasteiger partial charge in [0.25, 0.3) is 0 Å². The number of esters is 2. The van der Waals surface area contributed by atoms with Crippen molar-refractivity contribution >= 4 is 34.4 Å². The Hall–Kier alpha value is -4.65. The number of benzene rings is 2. The number of H-pyrrole nitrogens is 1. The number of aliphatic hydroxyl groups is 1. The second-order valence-electron chi connectivity index (χ2n) is 18.4. The van der Waals surface area contributed by atoms with Gasteiger partial charge in [-0.05, 0) is 74.2 Å². The van der Waals surface area contributed by atoms with Crippen LogP contribution in [-0.2, 0) is 41.1 Å². The summed E-state index contributed by atoms with van der Waals surface area (Å²) in [6.07, 6.45) is 9.52. The molecule has 12 nitrogen and oxygen atoms in total. The first-order valence-electron chi connectivity index (χ1n) is 21.9. The number of methoxy groups -OCH3 is 2. The van der Waals surface area contributed by atoms with Gasteiger partial charge in [-0.2, -0.15) is 0 Å². The number of nitrogens with zero attached hydrogens (tertiary/aromatic N) is 3. The van der Waals surface area contributed by atoms with E-state index >= 15 is 4.79 Å². The van der Waals surface area contributed by atoms with Gasteiger partial charge < -0.3 is 34.5 Å². The molecule has 1 amide bonds. The molecule has 0 radical (unpaired) electrons. The van der Waals surface area contributed by atoms with Crippen LogP contribution in [0.25, 0.3) is 10.9 Å². The Balaban J connectivity index is 1.35. The number of nitrogens with one attached hydrogen (secondary N) is 2. The summed E-state index contributed by atoms with van der Waals surface area (Å²) in [5, 5.41) is 17.7. The van der Waals surface area contributed by atoms with E-state index in [-0.39, 0.29) is 36.8 Å². The Morgan fingerprint density at radius 3 is 2.57 bits per heavy atom. The molecule has 1 aliphatic carbocycles. The van der Waals surface area contributed by atoms with Crippen LogP contribution in [0.1, 0.15) is 82.2 Å². The van der Waals surface area contributed by atoms with Crippen molar-refractivity contribution in [2.75, 3.05) is 65.4 Å². The lowest BCUT2D eigenvalue weighted by atomic mass is 9.47. The number of ether oxygens (including phenoxy) is 3. The number of rotatable bonds is 9. The predicted molar refractivity (Wildman–Crippen MR) is 230 cm³/mol. The summed E-state index contributed by atoms with van der Waals surface area (Å²) in [7, 11) is 5.18. The first-order chi connectivity index (χ1) is 28.8. The Bertz CT molecular complexity index is 2300. The van der Waals surface area contributed by atoms with Crippen molar-refractivity contribution < 1.29 is 33.7 Å². The molecule has 2 bridgehead atoms. The molecule has 6 heterocycles. The fourth-order valence-electron chi connectivity index (χ4n) is 13.5. The highest BCUT2D eigenvalue weighted by Crippen LogP contribution is 2.68. The third kappa shape index (κ3) is 5.62. The van der Waals surface area contributed by atoms with Crippen LogP contribution in [0, 0.1) is 11.3 Å². The van der Waals surface area contributed by atoms with Crippen LogP contribution in [0.4, 0.5) is 5.69 Å². The van der Waals surface area contributed by atoms with Crippen molar-refractivity contribution in [3.05, 3.63) is 82.6 Å². The van der Waals surface area contributed by atoms with E-state index in [4.69, 9.17) is 14.2 Å². The SMILES string of the molecule is CCC1=C[C@H]2CN(CCc3c([nH]c4ccccc34)[C@@](C(=O)OC)(c3cc4c(cc3OC)N(C)[C@H]3[C@@](O)(CCNC(C)=O)[C@H](OC(C)=O)[C@]5(CC)C=CCN6CC[C@]43[C@@H]65)C2)C1. The van der Waals surface area contributed by atoms with Gasteiger partial charge in [-0.1, -0.05) is 55.8 Å². The van der Waals surface area contributed by atoms with Crippen molar-refractivity contribution in [1.82, 2.24) is 20.1 Å². The van der Waals surface area contributed by atoms with Crippen LogP contribution < -0.4 is 15.0 Å². The number of amides is 1. The quantitative estimate of drug-likeness (QED) is 0.197. The molecule has 2 aromatic carbocycles. The number of carbonyl (C=O) groups excluding carboxylic acids is 3. The number of para-hydroxylation sites is 1. The summed E-state index contributed by atoms with van der Waals surface area (Å²) < 4.78 is 18.8. The highest BCUT2D eigenvalue weighted by molar-refractivity contribution is 5.94. The number of likely N-dealkylation sites (N-methyl/N-ethyl adjacent to an activating group) is 1. The molecule has 12 heteroatoms. The molecular formula is C48H61N5O7. The maximum Gasteiger partial charge on any atom is 0.322 e. The highest BCUT2D eigenvalue weighted by Gasteiger charge is 2.77. The van der Waals surface area contributed by atoms with Crippen LogP contribution in [-0.4, -0.2) is 122 Å². The monoisotopic (exact) mass is 819 g/mol. The summed E-state index contributed by atoms with van der Waals surface area (Å²) >= 11 is 0. The van der Waals surface area contributed by atoms with Crippen LogP contribution in [0.5, 0.6) is 5.75 Å². The van der Waals surface area contributed by atoms with E-state index in [0.29, 0.717) is 18.6 Å². The van der Waals surface area contributed by atoms with Gasteiger partial charge in [0, 0.05) is 104 Å². The molecule has 1 saturated heterocycles. The molecule has 3 aromatic rings. The van der Waals surface area contributed by atoms with Gasteiger partial charge in [0.1, 0.15) is 22.9 Å². The number of aromatic amines is 1. The third-order valence-corrected chi connectivity index (χ3v) is 15.6. The van der Waals surface area contributed by atoms with E-state index < -0.39 is 40.0 Å². The molecule has 5 aliphatic heterocycles. The molecule has 9 rings (SSSR count). The second-order valence-corrected chi connectivity index (χ2v) is 18.4. The number of carbonyl (C=O) groups is 3. The van der Waals surface area contributed by atoms with Gasteiger partial charge in [0.05, 0.1) is 20.3 Å². The van der Waals surface area contributed by atoms with E-state index in [1.165, 1.54) is 26.5 Å². The maximum absolute atomic E-state index is 15.4. The second kappa shape index (κ2) is 14.8. The van der Waals surface area contributed by atoms with Gasteiger partial charge in [-0.15, -0.1) is 0 Å². The Morgan fingerprint density at radius 1 is 1.05 bits per heavy atom. The zero-order valence-electron chi connectivity index (χ0n) is 36.2.